The molecular formula is C23H50F6O6. The Bertz CT molecular complexity index is 460. The summed E-state index contributed by atoms with van der Waals surface area (Å²) < 4.78 is 93.4. The van der Waals surface area contributed by atoms with Crippen LogP contribution in [0.25, 0.3) is 0 Å². The summed E-state index contributed by atoms with van der Waals surface area (Å²) in [7, 11) is 0. The molecule has 220 valence electrons. The molecule has 0 aliphatic heterocycles. The molecule has 0 aromatic rings. The summed E-state index contributed by atoms with van der Waals surface area (Å²) in [5.74, 6) is 0. The molecule has 0 aliphatic carbocycles. The lowest BCUT2D eigenvalue weighted by atomic mass is 9.92. The predicted molar refractivity (Wildman–Crippen MR) is 126 cm³/mol. The topological polar surface area (TPSA) is 77.4 Å². The van der Waals surface area contributed by atoms with Gasteiger partial charge in [-0.2, -0.15) is 26.3 Å². The molecule has 2 unspecified atom stereocenters. The van der Waals surface area contributed by atoms with Crippen molar-refractivity contribution in [2.75, 3.05) is 66.1 Å². The summed E-state index contributed by atoms with van der Waals surface area (Å²) in [6.07, 6.45) is -8.92. The Balaban J connectivity index is -0.000000750. The van der Waals surface area contributed by atoms with Crippen LogP contribution in [0.4, 0.5) is 26.3 Å². The molecule has 12 heteroatoms. The predicted octanol–water partition coefficient (Wildman–Crippen LogP) is 5.75. The molecule has 6 nitrogen and oxygen atoms in total. The molecule has 0 spiro atoms. The molecule has 0 fully saturated rings. The lowest BCUT2D eigenvalue weighted by molar-refractivity contribution is -0.186. The first-order chi connectivity index (χ1) is 13.9. The van der Waals surface area contributed by atoms with Gasteiger partial charge in [-0.05, 0) is 0 Å². The minimum absolute atomic E-state index is 0. The second-order valence-electron chi connectivity index (χ2n) is 9.30. The van der Waals surface area contributed by atoms with Crippen LogP contribution in [0.3, 0.4) is 0 Å². The highest BCUT2D eigenvalue weighted by atomic mass is 19.4. The second-order valence-corrected chi connectivity index (χ2v) is 9.30. The van der Waals surface area contributed by atoms with E-state index in [-0.39, 0.29) is 69.3 Å². The maximum atomic E-state index is 12.2. The number of alkyl halides is 6. The summed E-state index contributed by atoms with van der Waals surface area (Å²) in [5.41, 5.74) is -2.59. The van der Waals surface area contributed by atoms with E-state index in [1.54, 1.807) is 13.8 Å². The van der Waals surface area contributed by atoms with E-state index >= 15 is 0 Å². The van der Waals surface area contributed by atoms with Crippen molar-refractivity contribution in [3.05, 3.63) is 0 Å². The number of ether oxygens (including phenoxy) is 4. The fraction of sp³-hybridized carbons (Fsp3) is 1.00. The van der Waals surface area contributed by atoms with Crippen LogP contribution >= 0.6 is 0 Å². The van der Waals surface area contributed by atoms with E-state index in [9.17, 15) is 36.6 Å². The number of hydrogen-bond donors (Lipinski definition) is 2. The average Bonchev–Trinajstić information content (AvgIpc) is 2.59. The Hall–Kier alpha value is -0.660. The van der Waals surface area contributed by atoms with Crippen LogP contribution in [-0.2, 0) is 18.9 Å². The van der Waals surface area contributed by atoms with E-state index in [0.717, 1.165) is 0 Å². The average molecular weight is 537 g/mol. The van der Waals surface area contributed by atoms with E-state index in [1.807, 2.05) is 0 Å². The molecule has 0 aliphatic rings. The van der Waals surface area contributed by atoms with Crippen LogP contribution in [0.1, 0.15) is 57.4 Å². The quantitative estimate of drug-likeness (QED) is 0.245. The van der Waals surface area contributed by atoms with Gasteiger partial charge in [0.15, 0.2) is 0 Å². The number of halogens is 6. The molecule has 0 rings (SSSR count). The van der Waals surface area contributed by atoms with Crippen LogP contribution in [0.2, 0.25) is 0 Å². The van der Waals surface area contributed by atoms with Crippen molar-refractivity contribution in [3.63, 3.8) is 0 Å². The van der Waals surface area contributed by atoms with E-state index in [4.69, 9.17) is 9.47 Å². The van der Waals surface area contributed by atoms with Crippen molar-refractivity contribution >= 4 is 0 Å². The standard InChI is InChI=1S/C19H34F6O6.4CH4/c1-15(2,7-28-9-16(3,5-26)11-30-13-18(20,21)22)8-29-10-17(4,6-27)12-31-14-19(23,24)25;;;;/h26-27H,5-14H2,1-4H3;4*1H4. The molecule has 0 saturated carbocycles. The Morgan fingerprint density at radius 3 is 0.886 bits per heavy atom. The van der Waals surface area contributed by atoms with Gasteiger partial charge in [-0.3, -0.25) is 0 Å². The van der Waals surface area contributed by atoms with Crippen molar-refractivity contribution in [2.24, 2.45) is 16.2 Å². The lowest BCUT2D eigenvalue weighted by Gasteiger charge is -2.32. The second kappa shape index (κ2) is 18.6. The third-order valence-corrected chi connectivity index (χ3v) is 4.08. The normalized spacial score (nSPS) is 15.4. The minimum Gasteiger partial charge on any atom is -0.396 e. The molecule has 0 radical (unpaired) electrons. The van der Waals surface area contributed by atoms with Crippen molar-refractivity contribution < 1.29 is 55.5 Å². The summed E-state index contributed by atoms with van der Waals surface area (Å²) in [4.78, 5) is 0. The van der Waals surface area contributed by atoms with Crippen molar-refractivity contribution in [2.45, 2.75) is 69.8 Å². The maximum absolute atomic E-state index is 12.2. The van der Waals surface area contributed by atoms with Gasteiger partial charge in [0, 0.05) is 16.2 Å². The lowest BCUT2D eigenvalue weighted by Crippen LogP contribution is -2.38. The highest BCUT2D eigenvalue weighted by Gasteiger charge is 2.33. The summed E-state index contributed by atoms with van der Waals surface area (Å²) in [5, 5.41) is 18.9. The van der Waals surface area contributed by atoms with E-state index in [2.05, 4.69) is 9.47 Å². The van der Waals surface area contributed by atoms with Gasteiger partial charge in [-0.1, -0.05) is 57.4 Å². The van der Waals surface area contributed by atoms with Gasteiger partial charge in [-0.15, -0.1) is 0 Å². The monoisotopic (exact) mass is 536 g/mol. The molecule has 0 saturated heterocycles. The van der Waals surface area contributed by atoms with Gasteiger partial charge in [0.2, 0.25) is 0 Å². The minimum atomic E-state index is -4.46. The third-order valence-electron chi connectivity index (χ3n) is 4.08. The van der Waals surface area contributed by atoms with Gasteiger partial charge in [0.25, 0.3) is 0 Å². The fourth-order valence-corrected chi connectivity index (χ4v) is 2.28. The number of aliphatic hydroxyl groups is 2. The molecule has 2 N–H and O–H groups in total. The maximum Gasteiger partial charge on any atom is 0.411 e. The number of aliphatic hydroxyl groups excluding tert-OH is 2. The van der Waals surface area contributed by atoms with E-state index in [1.165, 1.54) is 13.8 Å². The Kier molecular flexibility index (Phi) is 23.5. The highest BCUT2D eigenvalue weighted by Crippen LogP contribution is 2.24. The van der Waals surface area contributed by atoms with Gasteiger partial charge in [0.1, 0.15) is 13.2 Å². The molecule has 0 heterocycles. The molecule has 0 amide bonds. The molecule has 0 bridgehead atoms. The highest BCUT2D eigenvalue weighted by molar-refractivity contribution is 4.76. The third kappa shape index (κ3) is 23.5. The number of rotatable bonds is 16. The summed E-state index contributed by atoms with van der Waals surface area (Å²) >= 11 is 0. The first-order valence-corrected chi connectivity index (χ1v) is 9.61. The van der Waals surface area contributed by atoms with Gasteiger partial charge >= 0.3 is 12.4 Å². The van der Waals surface area contributed by atoms with Crippen molar-refractivity contribution in [1.29, 1.82) is 0 Å². The SMILES string of the molecule is C.C.C.C.CC(C)(COCC(C)(CO)COCC(F)(F)F)COCC(C)(CO)COCC(F)(F)F. The summed E-state index contributed by atoms with van der Waals surface area (Å²) in [6, 6.07) is 0. The zero-order valence-electron chi connectivity index (χ0n) is 18.4. The Morgan fingerprint density at radius 1 is 0.457 bits per heavy atom. The van der Waals surface area contributed by atoms with Crippen molar-refractivity contribution in [1.82, 2.24) is 0 Å². The molecule has 2 atom stereocenters. The smallest absolute Gasteiger partial charge is 0.396 e. The molecule has 0 aromatic heterocycles. The van der Waals surface area contributed by atoms with Crippen LogP contribution in [0.15, 0.2) is 0 Å². The van der Waals surface area contributed by atoms with Gasteiger partial charge in [-0.25, -0.2) is 0 Å². The van der Waals surface area contributed by atoms with E-state index < -0.39 is 55.0 Å². The molecule has 35 heavy (non-hydrogen) atoms. The largest absolute Gasteiger partial charge is 0.411 e. The zero-order chi connectivity index (χ0) is 24.4. The van der Waals surface area contributed by atoms with Crippen LogP contribution < -0.4 is 0 Å². The Labute approximate surface area is 208 Å². The first kappa shape index (κ1) is 44.3. The van der Waals surface area contributed by atoms with Crippen LogP contribution in [-0.4, -0.2) is 88.6 Å². The summed E-state index contributed by atoms with van der Waals surface area (Å²) in [6.45, 7) is 2.43. The van der Waals surface area contributed by atoms with Gasteiger partial charge < -0.3 is 29.2 Å². The van der Waals surface area contributed by atoms with Crippen LogP contribution in [0.5, 0.6) is 0 Å². The van der Waals surface area contributed by atoms with Gasteiger partial charge in [0.05, 0.1) is 52.9 Å². The molecule has 0 aromatic carbocycles. The van der Waals surface area contributed by atoms with Crippen LogP contribution in [0, 0.1) is 16.2 Å². The molecular weight excluding hydrogens is 486 g/mol. The zero-order valence-corrected chi connectivity index (χ0v) is 18.4. The first-order valence-electron chi connectivity index (χ1n) is 9.61. The van der Waals surface area contributed by atoms with Crippen molar-refractivity contribution in [3.8, 4) is 0 Å². The van der Waals surface area contributed by atoms with E-state index in [0.29, 0.717) is 0 Å². The fourth-order valence-electron chi connectivity index (χ4n) is 2.28. The Morgan fingerprint density at radius 2 is 0.686 bits per heavy atom. The number of hydrogen-bond acceptors (Lipinski definition) is 6.